The summed E-state index contributed by atoms with van der Waals surface area (Å²) in [5.74, 6) is 0.0873. The maximum Gasteiger partial charge on any atom is 0.329 e. The molecule has 7 heteroatoms. The van der Waals surface area contributed by atoms with E-state index in [-0.39, 0.29) is 5.56 Å². The fourth-order valence-corrected chi connectivity index (χ4v) is 4.29. The lowest BCUT2D eigenvalue weighted by molar-refractivity contribution is -0.146. The Kier molecular flexibility index (Phi) is 4.82. The van der Waals surface area contributed by atoms with Crippen LogP contribution < -0.4 is 10.3 Å². The van der Waals surface area contributed by atoms with E-state index in [1.54, 1.807) is 7.11 Å². The summed E-state index contributed by atoms with van der Waals surface area (Å²) in [5, 5.41) is 10.1. The number of ether oxygens (including phenoxy) is 1. The van der Waals surface area contributed by atoms with Crippen molar-refractivity contribution in [3.05, 3.63) is 45.3 Å². The number of aromatic nitrogens is 2. The molecule has 2 aromatic heterocycles. The lowest BCUT2D eigenvalue weighted by atomic mass is 10.0. The molecular weight excluding hydrogens is 364 g/mol. The largest absolute Gasteiger partial charge is 0.497 e. The summed E-state index contributed by atoms with van der Waals surface area (Å²) in [6.45, 7) is 6.85. The van der Waals surface area contributed by atoms with Crippen molar-refractivity contribution >= 4 is 27.5 Å². The number of aryl methyl sites for hydroxylation is 2. The van der Waals surface area contributed by atoms with E-state index >= 15 is 0 Å². The predicted molar refractivity (Wildman–Crippen MR) is 107 cm³/mol. The topological polar surface area (TPSA) is 81.4 Å². The minimum Gasteiger partial charge on any atom is -0.497 e. The first-order chi connectivity index (χ1) is 12.7. The second-order valence-electron chi connectivity index (χ2n) is 6.83. The van der Waals surface area contributed by atoms with Crippen molar-refractivity contribution < 1.29 is 14.6 Å². The highest BCUT2D eigenvalue weighted by molar-refractivity contribution is 7.19. The van der Waals surface area contributed by atoms with Crippen LogP contribution in [0.3, 0.4) is 0 Å². The van der Waals surface area contributed by atoms with Gasteiger partial charge in [0.15, 0.2) is 0 Å². The summed E-state index contributed by atoms with van der Waals surface area (Å²) < 4.78 is 6.62. The van der Waals surface area contributed by atoms with Gasteiger partial charge in [-0.3, -0.25) is 9.36 Å². The van der Waals surface area contributed by atoms with Gasteiger partial charge in [-0.05, 0) is 38.5 Å². The Morgan fingerprint density at radius 1 is 1.37 bits per heavy atom. The van der Waals surface area contributed by atoms with Gasteiger partial charge < -0.3 is 9.84 Å². The summed E-state index contributed by atoms with van der Waals surface area (Å²) in [4.78, 5) is 31.5. The standard InChI is InChI=1S/C20H22N2O4S/c1-6-14-21-17-16(18(23)22(14)20(3,4)19(24)25)15(11(2)27-17)12-8-7-9-13(10-12)26-5/h7-10H,6H2,1-5H3,(H,24,25). The van der Waals surface area contributed by atoms with Crippen LogP contribution in [0.5, 0.6) is 5.75 Å². The zero-order chi connectivity index (χ0) is 19.9. The zero-order valence-electron chi connectivity index (χ0n) is 16.0. The predicted octanol–water partition coefficient (Wildman–Crippen LogP) is 3.82. The number of thiophene rings is 1. The Hall–Kier alpha value is -2.67. The number of carboxylic acids is 1. The first kappa shape index (κ1) is 19.1. The Morgan fingerprint density at radius 2 is 2.07 bits per heavy atom. The number of fused-ring (bicyclic) bond motifs is 1. The minimum atomic E-state index is -1.40. The molecule has 0 aliphatic carbocycles. The van der Waals surface area contributed by atoms with Crippen LogP contribution in [0, 0.1) is 6.92 Å². The van der Waals surface area contributed by atoms with Gasteiger partial charge in [0.1, 0.15) is 21.9 Å². The Balaban J connectivity index is 2.43. The molecule has 0 bridgehead atoms. The number of methoxy groups -OCH3 is 1. The van der Waals surface area contributed by atoms with Gasteiger partial charge in [-0.25, -0.2) is 9.78 Å². The Labute approximate surface area is 161 Å². The van der Waals surface area contributed by atoms with E-state index in [4.69, 9.17) is 4.74 Å². The van der Waals surface area contributed by atoms with Crippen molar-refractivity contribution in [2.24, 2.45) is 0 Å². The average molecular weight is 386 g/mol. The molecule has 0 aliphatic rings. The molecule has 0 saturated heterocycles. The van der Waals surface area contributed by atoms with Crippen molar-refractivity contribution in [2.45, 2.75) is 39.7 Å². The monoisotopic (exact) mass is 386 g/mol. The smallest absolute Gasteiger partial charge is 0.329 e. The second-order valence-corrected chi connectivity index (χ2v) is 8.03. The van der Waals surface area contributed by atoms with Gasteiger partial charge in [0.05, 0.1) is 12.5 Å². The fraction of sp³-hybridized carbons (Fsp3) is 0.350. The second kappa shape index (κ2) is 6.81. The van der Waals surface area contributed by atoms with Crippen LogP contribution in [0.25, 0.3) is 21.3 Å². The summed E-state index contributed by atoms with van der Waals surface area (Å²) in [5.41, 5.74) is -0.0955. The Bertz CT molecular complexity index is 1100. The highest BCUT2D eigenvalue weighted by atomic mass is 32.1. The first-order valence-electron chi connectivity index (χ1n) is 8.65. The van der Waals surface area contributed by atoms with Crippen LogP contribution in [-0.2, 0) is 16.8 Å². The van der Waals surface area contributed by atoms with E-state index in [9.17, 15) is 14.7 Å². The van der Waals surface area contributed by atoms with Crippen molar-refractivity contribution in [1.29, 1.82) is 0 Å². The molecule has 6 nitrogen and oxygen atoms in total. The van der Waals surface area contributed by atoms with Gasteiger partial charge in [0.25, 0.3) is 5.56 Å². The van der Waals surface area contributed by atoms with E-state index in [0.717, 1.165) is 16.0 Å². The molecule has 0 amide bonds. The molecule has 0 aliphatic heterocycles. The van der Waals surface area contributed by atoms with Crippen LogP contribution in [0.15, 0.2) is 29.1 Å². The Morgan fingerprint density at radius 3 is 2.67 bits per heavy atom. The molecule has 1 N–H and O–H groups in total. The summed E-state index contributed by atoms with van der Waals surface area (Å²) >= 11 is 1.45. The summed E-state index contributed by atoms with van der Waals surface area (Å²) in [6, 6.07) is 7.49. The average Bonchev–Trinajstić information content (AvgIpc) is 2.97. The van der Waals surface area contributed by atoms with Gasteiger partial charge >= 0.3 is 5.97 Å². The molecule has 3 aromatic rings. The normalized spacial score (nSPS) is 11.7. The number of benzene rings is 1. The quantitative estimate of drug-likeness (QED) is 0.721. The van der Waals surface area contributed by atoms with E-state index < -0.39 is 11.5 Å². The van der Waals surface area contributed by atoms with Gasteiger partial charge in [0, 0.05) is 16.9 Å². The van der Waals surface area contributed by atoms with Gasteiger partial charge in [0.2, 0.25) is 0 Å². The maximum absolute atomic E-state index is 13.5. The van der Waals surface area contributed by atoms with Crippen molar-refractivity contribution in [2.75, 3.05) is 7.11 Å². The molecule has 142 valence electrons. The minimum absolute atomic E-state index is 0.327. The molecule has 0 radical (unpaired) electrons. The van der Waals surface area contributed by atoms with E-state index in [0.29, 0.717) is 28.2 Å². The number of aliphatic carboxylic acids is 1. The van der Waals surface area contributed by atoms with E-state index in [1.165, 1.54) is 29.8 Å². The van der Waals surface area contributed by atoms with E-state index in [2.05, 4.69) is 4.98 Å². The lowest BCUT2D eigenvalue weighted by Gasteiger charge is -2.25. The van der Waals surface area contributed by atoms with Crippen LogP contribution >= 0.6 is 11.3 Å². The van der Waals surface area contributed by atoms with Gasteiger partial charge in [-0.2, -0.15) is 0 Å². The first-order valence-corrected chi connectivity index (χ1v) is 9.47. The molecule has 0 atom stereocenters. The molecule has 2 heterocycles. The number of hydrogen-bond donors (Lipinski definition) is 1. The van der Waals surface area contributed by atoms with Crippen LogP contribution in [0.4, 0.5) is 0 Å². The lowest BCUT2D eigenvalue weighted by Crippen LogP contribution is -2.44. The van der Waals surface area contributed by atoms with Gasteiger partial charge in [-0.15, -0.1) is 11.3 Å². The number of carboxylic acid groups (broad SMARTS) is 1. The highest BCUT2D eigenvalue weighted by Crippen LogP contribution is 2.37. The van der Waals surface area contributed by atoms with Crippen molar-refractivity contribution in [3.8, 4) is 16.9 Å². The molecular formula is C20H22N2O4S. The van der Waals surface area contributed by atoms with Crippen LogP contribution in [0.2, 0.25) is 0 Å². The number of carbonyl (C=O) groups is 1. The third-order valence-electron chi connectivity index (χ3n) is 4.73. The molecule has 1 aromatic carbocycles. The van der Waals surface area contributed by atoms with Crippen LogP contribution in [-0.4, -0.2) is 27.7 Å². The van der Waals surface area contributed by atoms with Crippen molar-refractivity contribution in [1.82, 2.24) is 9.55 Å². The fourth-order valence-electron chi connectivity index (χ4n) is 3.24. The maximum atomic E-state index is 13.5. The SMILES string of the molecule is CCc1nc2sc(C)c(-c3cccc(OC)c3)c2c(=O)n1C(C)(C)C(=O)O. The molecule has 27 heavy (non-hydrogen) atoms. The summed E-state index contributed by atoms with van der Waals surface area (Å²) in [6.07, 6.45) is 0.466. The number of hydrogen-bond acceptors (Lipinski definition) is 5. The molecule has 0 saturated carbocycles. The number of nitrogens with zero attached hydrogens (tertiary/aromatic N) is 2. The molecule has 3 rings (SSSR count). The molecule has 0 fully saturated rings. The molecule has 0 unspecified atom stereocenters. The summed E-state index contributed by atoms with van der Waals surface area (Å²) in [7, 11) is 1.59. The van der Waals surface area contributed by atoms with E-state index in [1.807, 2.05) is 38.1 Å². The molecule has 0 spiro atoms. The van der Waals surface area contributed by atoms with Gasteiger partial charge in [-0.1, -0.05) is 19.1 Å². The highest BCUT2D eigenvalue weighted by Gasteiger charge is 2.34. The third kappa shape index (κ3) is 3.02. The van der Waals surface area contributed by atoms with Crippen molar-refractivity contribution in [3.63, 3.8) is 0 Å². The zero-order valence-corrected chi connectivity index (χ0v) is 16.8. The van der Waals surface area contributed by atoms with Crippen LogP contribution in [0.1, 0.15) is 31.5 Å². The number of rotatable bonds is 5. The third-order valence-corrected chi connectivity index (χ3v) is 5.73.